The van der Waals surface area contributed by atoms with Gasteiger partial charge < -0.3 is 4.34 Å². The third-order valence-electron chi connectivity index (χ3n) is 2.89. The molecule has 0 aromatic heterocycles. The number of carbonyl (C=O) groups is 1. The molecule has 1 rings (SSSR count). The van der Waals surface area contributed by atoms with Crippen LogP contribution in [0.1, 0.15) is 17.3 Å². The van der Waals surface area contributed by atoms with E-state index in [2.05, 4.69) is 43.6 Å². The third kappa shape index (κ3) is 4.42. The predicted molar refractivity (Wildman–Crippen MR) is 92.4 cm³/mol. The Kier molecular flexibility index (Phi) is 5.10. The normalized spacial score (nSPS) is 13.2. The summed E-state index contributed by atoms with van der Waals surface area (Å²) < 4.78 is 2.27. The summed E-state index contributed by atoms with van der Waals surface area (Å²) in [5.41, 5.74) is 1.29. The topological polar surface area (TPSA) is 32.7 Å². The minimum Gasteiger partial charge on any atom is -0.349 e. The van der Waals surface area contributed by atoms with Gasteiger partial charge in [0.25, 0.3) is 0 Å². The van der Waals surface area contributed by atoms with Gasteiger partial charge in [-0.3, -0.25) is 4.79 Å². The molecule has 0 amide bonds. The molecule has 1 aromatic rings. The van der Waals surface area contributed by atoms with Gasteiger partial charge in [-0.25, -0.2) is 0 Å². The zero-order valence-corrected chi connectivity index (χ0v) is 15.7. The lowest BCUT2D eigenvalue weighted by Gasteiger charge is -2.41. The summed E-state index contributed by atoms with van der Waals surface area (Å²) in [4.78, 5) is 12.4. The van der Waals surface area contributed by atoms with Crippen molar-refractivity contribution in [2.75, 3.05) is 0 Å². The molecule has 0 saturated carbocycles. The molecule has 0 N–H and O–H groups in total. The Bertz CT molecular complexity index is 485. The van der Waals surface area contributed by atoms with E-state index in [1.54, 1.807) is 0 Å². The van der Waals surface area contributed by atoms with E-state index in [-0.39, 0.29) is 5.78 Å². The van der Waals surface area contributed by atoms with E-state index in [9.17, 15) is 4.79 Å². The Morgan fingerprint density at radius 1 is 0.950 bits per heavy atom. The van der Waals surface area contributed by atoms with Crippen LogP contribution in [0, 0.1) is 0 Å². The molecule has 0 aliphatic rings. The van der Waals surface area contributed by atoms with Crippen LogP contribution < -0.4 is 0 Å². The molecule has 110 valence electrons. The second kappa shape index (κ2) is 6.05. The second-order valence-electron chi connectivity index (χ2n) is 7.03. The summed E-state index contributed by atoms with van der Waals surface area (Å²) in [6, 6.07) is 9.37. The number of benzene rings is 1. The molecule has 0 radical (unpaired) electrons. The molecule has 0 aliphatic heterocycles. The summed E-state index contributed by atoms with van der Waals surface area (Å²) in [6.45, 7) is 15.5. The summed E-state index contributed by atoms with van der Waals surface area (Å²) in [6.07, 6.45) is 0. The van der Waals surface area contributed by atoms with E-state index in [0.29, 0.717) is 11.3 Å². The van der Waals surface area contributed by atoms with E-state index < -0.39 is 16.5 Å². The maximum Gasteiger partial charge on any atom is 0.208 e. The minimum atomic E-state index is -1.58. The van der Waals surface area contributed by atoms with Gasteiger partial charge in [-0.2, -0.15) is 5.10 Å². The largest absolute Gasteiger partial charge is 0.349 e. The van der Waals surface area contributed by atoms with Crippen LogP contribution in [-0.4, -0.2) is 32.3 Å². The average molecular weight is 307 g/mol. The number of hydrazone groups is 1. The van der Waals surface area contributed by atoms with E-state index in [0.717, 1.165) is 0 Å². The highest BCUT2D eigenvalue weighted by Crippen LogP contribution is 2.20. The molecular weight excluding hydrogens is 280 g/mol. The van der Waals surface area contributed by atoms with Crippen molar-refractivity contribution in [2.24, 2.45) is 5.10 Å². The molecule has 0 atom stereocenters. The second-order valence-corrected chi connectivity index (χ2v) is 17.0. The fraction of sp³-hybridized carbons (Fsp3) is 0.467. The number of ketones is 1. The van der Waals surface area contributed by atoms with Crippen LogP contribution in [0.15, 0.2) is 35.4 Å². The van der Waals surface area contributed by atoms with Crippen LogP contribution in [0.5, 0.6) is 0 Å². The zero-order valence-electron chi connectivity index (χ0n) is 13.7. The molecule has 20 heavy (non-hydrogen) atoms. The average Bonchev–Trinajstić information content (AvgIpc) is 2.33. The van der Waals surface area contributed by atoms with Gasteiger partial charge in [-0.1, -0.05) is 69.6 Å². The van der Waals surface area contributed by atoms with Crippen LogP contribution in [-0.2, 0) is 0 Å². The molecule has 0 bridgehead atoms. The van der Waals surface area contributed by atoms with Crippen LogP contribution in [0.4, 0.5) is 0 Å². The molecule has 5 heteroatoms. The number of carbonyl (C=O) groups excluding carboxylic acids is 1. The first-order valence-corrected chi connectivity index (χ1v) is 13.9. The highest BCUT2D eigenvalue weighted by molar-refractivity contribution is 6.89. The summed E-state index contributed by atoms with van der Waals surface area (Å²) in [5.74, 6) is 0.0205. The molecule has 1 aromatic carbocycles. The van der Waals surface area contributed by atoms with Crippen molar-refractivity contribution < 1.29 is 4.79 Å². The first-order valence-electron chi connectivity index (χ1n) is 6.99. The Hall–Kier alpha value is -1.21. The highest BCUT2D eigenvalue weighted by Gasteiger charge is 2.34. The van der Waals surface area contributed by atoms with Crippen molar-refractivity contribution in [3.05, 3.63) is 35.9 Å². The lowest BCUT2D eigenvalue weighted by molar-refractivity contribution is 0.106. The van der Waals surface area contributed by atoms with Gasteiger partial charge in [0.15, 0.2) is 16.5 Å². The Balaban J connectivity index is 3.10. The van der Waals surface area contributed by atoms with Gasteiger partial charge in [0, 0.05) is 5.56 Å². The first-order chi connectivity index (χ1) is 9.03. The number of Topliss-reactive ketones (excluding diaryl/α,β-unsaturated/α-hetero) is 1. The smallest absolute Gasteiger partial charge is 0.208 e. The highest BCUT2D eigenvalue weighted by atomic mass is 28.4. The van der Waals surface area contributed by atoms with Crippen molar-refractivity contribution in [2.45, 2.75) is 46.2 Å². The van der Waals surface area contributed by atoms with E-state index in [1.165, 1.54) is 0 Å². The van der Waals surface area contributed by atoms with Gasteiger partial charge in [0.1, 0.15) is 5.71 Å². The Labute approximate surface area is 124 Å². The third-order valence-corrected chi connectivity index (χ3v) is 9.65. The minimum absolute atomic E-state index is 0.0205. The van der Waals surface area contributed by atoms with Crippen LogP contribution >= 0.6 is 0 Å². The molecule has 0 spiro atoms. The maximum absolute atomic E-state index is 12.4. The number of rotatable bonds is 5. The first kappa shape index (κ1) is 16.8. The van der Waals surface area contributed by atoms with Crippen molar-refractivity contribution >= 4 is 28.0 Å². The van der Waals surface area contributed by atoms with Crippen LogP contribution in [0.3, 0.4) is 0 Å². The van der Waals surface area contributed by atoms with Gasteiger partial charge in [0.05, 0.1) is 0 Å². The Morgan fingerprint density at radius 2 is 1.40 bits per heavy atom. The Morgan fingerprint density at radius 3 is 1.80 bits per heavy atom. The molecule has 0 heterocycles. The van der Waals surface area contributed by atoms with Gasteiger partial charge in [0.2, 0.25) is 5.78 Å². The van der Waals surface area contributed by atoms with Gasteiger partial charge in [-0.15, -0.1) is 0 Å². The standard InChI is InChI=1S/C15H26N2OSi2/c1-13(15(18)14-11-9-8-10-12-14)16-17(19(2,3)4)20(5,6)7/h8-12H,1-7H3. The summed E-state index contributed by atoms with van der Waals surface area (Å²) in [5, 5.41) is 4.72. The van der Waals surface area contributed by atoms with Gasteiger partial charge in [-0.05, 0) is 6.92 Å². The maximum atomic E-state index is 12.4. The van der Waals surface area contributed by atoms with Gasteiger partial charge >= 0.3 is 0 Å². The fourth-order valence-electron chi connectivity index (χ4n) is 2.30. The molecule has 0 aliphatic carbocycles. The SMILES string of the molecule is CC(=NN([Si](C)(C)C)[Si](C)(C)C)C(=O)c1ccccc1. The molecular formula is C15H26N2OSi2. The number of hydrogen-bond donors (Lipinski definition) is 0. The van der Waals surface area contributed by atoms with E-state index in [1.807, 2.05) is 37.3 Å². The summed E-state index contributed by atoms with van der Waals surface area (Å²) >= 11 is 0. The zero-order chi connectivity index (χ0) is 15.6. The lowest BCUT2D eigenvalue weighted by Crippen LogP contribution is -2.56. The van der Waals surface area contributed by atoms with Crippen molar-refractivity contribution in [3.63, 3.8) is 0 Å². The van der Waals surface area contributed by atoms with E-state index in [4.69, 9.17) is 5.10 Å². The quantitative estimate of drug-likeness (QED) is 0.353. The van der Waals surface area contributed by atoms with Crippen molar-refractivity contribution in [1.29, 1.82) is 0 Å². The number of hydrogen-bond acceptors (Lipinski definition) is 3. The molecule has 3 nitrogen and oxygen atoms in total. The molecule has 0 saturated heterocycles. The van der Waals surface area contributed by atoms with Crippen LogP contribution in [0.25, 0.3) is 0 Å². The molecule has 0 unspecified atom stereocenters. The number of nitrogens with zero attached hydrogens (tertiary/aromatic N) is 2. The lowest BCUT2D eigenvalue weighted by atomic mass is 10.1. The van der Waals surface area contributed by atoms with Crippen molar-refractivity contribution in [3.8, 4) is 0 Å². The fourth-order valence-corrected chi connectivity index (χ4v) is 11.2. The molecule has 0 fully saturated rings. The van der Waals surface area contributed by atoms with Crippen LogP contribution in [0.2, 0.25) is 39.3 Å². The summed E-state index contributed by atoms with van der Waals surface area (Å²) in [7, 11) is -3.15. The predicted octanol–water partition coefficient (Wildman–Crippen LogP) is 4.22. The van der Waals surface area contributed by atoms with Crippen molar-refractivity contribution in [1.82, 2.24) is 4.34 Å². The van der Waals surface area contributed by atoms with E-state index >= 15 is 0 Å². The monoisotopic (exact) mass is 306 g/mol.